The summed E-state index contributed by atoms with van der Waals surface area (Å²) in [5, 5.41) is 14.3. The van der Waals surface area contributed by atoms with Crippen LogP contribution in [0.15, 0.2) is 18.2 Å². The second kappa shape index (κ2) is 4.86. The van der Waals surface area contributed by atoms with Crippen molar-refractivity contribution in [2.45, 2.75) is 46.1 Å². The molecule has 120 valence electrons. The van der Waals surface area contributed by atoms with E-state index in [4.69, 9.17) is 23.2 Å². The van der Waals surface area contributed by atoms with Gasteiger partial charge in [0.25, 0.3) is 0 Å². The summed E-state index contributed by atoms with van der Waals surface area (Å²) < 4.78 is 0. The number of carbonyl (C=O) groups excluding carboxylic acids is 1. The number of aliphatic hydroxyl groups excluding tert-OH is 1. The first-order valence-corrected chi connectivity index (χ1v) is 8.34. The molecule has 2 N–H and O–H groups in total. The van der Waals surface area contributed by atoms with E-state index < -0.39 is 11.5 Å². The van der Waals surface area contributed by atoms with Crippen LogP contribution in [-0.2, 0) is 4.79 Å². The van der Waals surface area contributed by atoms with E-state index in [1.165, 1.54) is 0 Å². The maximum Gasteiger partial charge on any atom is 0.231 e. The number of amides is 1. The van der Waals surface area contributed by atoms with Crippen LogP contribution in [0.2, 0.25) is 10.0 Å². The molecule has 5 heteroatoms. The first-order chi connectivity index (χ1) is 10.1. The lowest BCUT2D eigenvalue weighted by Gasteiger charge is -2.40. The van der Waals surface area contributed by atoms with Crippen molar-refractivity contribution >= 4 is 34.8 Å². The molecule has 0 radical (unpaired) electrons. The van der Waals surface area contributed by atoms with E-state index >= 15 is 0 Å². The van der Waals surface area contributed by atoms with Crippen LogP contribution in [0.3, 0.4) is 0 Å². The molecule has 2 aliphatic rings. The lowest BCUT2D eigenvalue weighted by atomic mass is 9.64. The fraction of sp³-hybridized carbons (Fsp3) is 0.588. The van der Waals surface area contributed by atoms with E-state index in [1.807, 2.05) is 0 Å². The van der Waals surface area contributed by atoms with Crippen LogP contribution in [0.5, 0.6) is 0 Å². The van der Waals surface area contributed by atoms with E-state index in [1.54, 1.807) is 18.2 Å². The fourth-order valence-corrected chi connectivity index (χ4v) is 4.75. The Labute approximate surface area is 141 Å². The fourth-order valence-electron chi connectivity index (χ4n) is 4.46. The van der Waals surface area contributed by atoms with Gasteiger partial charge < -0.3 is 10.4 Å². The third-order valence-corrected chi connectivity index (χ3v) is 7.32. The van der Waals surface area contributed by atoms with Gasteiger partial charge in [0.2, 0.25) is 5.91 Å². The Kier molecular flexibility index (Phi) is 3.56. The summed E-state index contributed by atoms with van der Waals surface area (Å²) in [5.41, 5.74) is -0.353. The number of fused-ring (bicyclic) bond motifs is 2. The highest BCUT2D eigenvalue weighted by molar-refractivity contribution is 6.42. The van der Waals surface area contributed by atoms with E-state index in [0.717, 1.165) is 12.8 Å². The molecule has 2 fully saturated rings. The monoisotopic (exact) mass is 341 g/mol. The molecule has 3 unspecified atom stereocenters. The normalized spacial score (nSPS) is 35.6. The van der Waals surface area contributed by atoms with Gasteiger partial charge in [-0.3, -0.25) is 4.79 Å². The molecule has 3 atom stereocenters. The summed E-state index contributed by atoms with van der Waals surface area (Å²) in [7, 11) is 0. The molecular formula is C17H21Cl2NO2. The maximum atomic E-state index is 13.0. The minimum Gasteiger partial charge on any atom is -0.393 e. The van der Waals surface area contributed by atoms with Crippen molar-refractivity contribution in [3.63, 3.8) is 0 Å². The first-order valence-electron chi connectivity index (χ1n) is 7.59. The molecule has 0 saturated heterocycles. The molecule has 1 aromatic carbocycles. The molecule has 0 aliphatic heterocycles. The van der Waals surface area contributed by atoms with Crippen molar-refractivity contribution in [1.82, 2.24) is 0 Å². The first kappa shape index (κ1) is 16.1. The molecule has 2 bridgehead atoms. The third kappa shape index (κ3) is 1.88. The molecule has 2 aliphatic carbocycles. The van der Waals surface area contributed by atoms with Crippen molar-refractivity contribution in [1.29, 1.82) is 0 Å². The molecule has 0 heterocycles. The van der Waals surface area contributed by atoms with Gasteiger partial charge in [-0.05, 0) is 48.3 Å². The quantitative estimate of drug-likeness (QED) is 0.831. The lowest BCUT2D eigenvalue weighted by Crippen LogP contribution is -2.43. The zero-order chi connectivity index (χ0) is 16.3. The maximum absolute atomic E-state index is 13.0. The third-order valence-electron chi connectivity index (χ3n) is 6.58. The predicted octanol–water partition coefficient (Wildman–Crippen LogP) is 4.51. The van der Waals surface area contributed by atoms with Crippen LogP contribution in [0.25, 0.3) is 0 Å². The van der Waals surface area contributed by atoms with Gasteiger partial charge >= 0.3 is 0 Å². The Morgan fingerprint density at radius 3 is 2.41 bits per heavy atom. The van der Waals surface area contributed by atoms with E-state index in [9.17, 15) is 9.90 Å². The van der Waals surface area contributed by atoms with Gasteiger partial charge in [-0.2, -0.15) is 0 Å². The van der Waals surface area contributed by atoms with Crippen LogP contribution in [0.4, 0.5) is 5.69 Å². The number of halogens is 2. The second-order valence-electron chi connectivity index (χ2n) is 7.43. The number of hydrogen-bond donors (Lipinski definition) is 2. The smallest absolute Gasteiger partial charge is 0.231 e. The van der Waals surface area contributed by atoms with Crippen LogP contribution < -0.4 is 5.32 Å². The topological polar surface area (TPSA) is 49.3 Å². The van der Waals surface area contributed by atoms with E-state index in [0.29, 0.717) is 22.2 Å². The molecule has 22 heavy (non-hydrogen) atoms. The number of rotatable bonds is 2. The summed E-state index contributed by atoms with van der Waals surface area (Å²) in [4.78, 5) is 13.0. The van der Waals surface area contributed by atoms with Crippen LogP contribution >= 0.6 is 23.2 Å². The summed E-state index contributed by atoms with van der Waals surface area (Å²) in [6.45, 7) is 6.30. The van der Waals surface area contributed by atoms with Gasteiger partial charge in [0.15, 0.2) is 0 Å². The molecule has 0 aromatic heterocycles. The summed E-state index contributed by atoms with van der Waals surface area (Å²) >= 11 is 11.9. The SMILES string of the molecule is CC12CCC(C(=O)Nc3ccc(Cl)c(Cl)c3)(CC1O)C2(C)C. The standard InChI is InChI=1S/C17H21Cl2NO2/c1-15(2)16(3)6-7-17(15,9-13(16)21)14(22)20-10-4-5-11(18)12(19)8-10/h4-5,8,13,21H,6-7,9H2,1-3H3,(H,20,22). The highest BCUT2D eigenvalue weighted by Gasteiger charge is 2.72. The molecule has 1 aromatic rings. The zero-order valence-corrected chi connectivity index (χ0v) is 14.6. The Balaban J connectivity index is 1.91. The van der Waals surface area contributed by atoms with E-state index in [-0.39, 0.29) is 16.7 Å². The summed E-state index contributed by atoms with van der Waals surface area (Å²) in [6, 6.07) is 5.07. The number of hydrogen-bond acceptors (Lipinski definition) is 2. The van der Waals surface area contributed by atoms with Crippen LogP contribution in [-0.4, -0.2) is 17.1 Å². The number of anilines is 1. The van der Waals surface area contributed by atoms with Crippen molar-refractivity contribution < 1.29 is 9.90 Å². The van der Waals surface area contributed by atoms with Crippen molar-refractivity contribution in [3.8, 4) is 0 Å². The zero-order valence-electron chi connectivity index (χ0n) is 13.0. The number of benzene rings is 1. The number of carbonyl (C=O) groups is 1. The second-order valence-corrected chi connectivity index (χ2v) is 8.24. The molecule has 1 amide bonds. The van der Waals surface area contributed by atoms with Crippen molar-refractivity contribution in [2.75, 3.05) is 5.32 Å². The van der Waals surface area contributed by atoms with Gasteiger partial charge in [0, 0.05) is 5.69 Å². The lowest BCUT2D eigenvalue weighted by molar-refractivity contribution is -0.130. The molecule has 2 saturated carbocycles. The molecule has 3 rings (SSSR count). The van der Waals surface area contributed by atoms with Gasteiger partial charge in [-0.1, -0.05) is 44.0 Å². The molecule has 0 spiro atoms. The minimum atomic E-state index is -0.534. The Morgan fingerprint density at radius 1 is 1.23 bits per heavy atom. The number of aliphatic hydroxyl groups is 1. The minimum absolute atomic E-state index is 0.0313. The number of nitrogens with one attached hydrogen (secondary N) is 1. The Hall–Kier alpha value is -0.770. The molecule has 3 nitrogen and oxygen atoms in total. The van der Waals surface area contributed by atoms with E-state index in [2.05, 4.69) is 26.1 Å². The summed E-state index contributed by atoms with van der Waals surface area (Å²) in [5.74, 6) is -0.0313. The van der Waals surface area contributed by atoms with Gasteiger partial charge in [-0.15, -0.1) is 0 Å². The average Bonchev–Trinajstić information content (AvgIpc) is 2.73. The Morgan fingerprint density at radius 2 is 1.91 bits per heavy atom. The van der Waals surface area contributed by atoms with Gasteiger partial charge in [0.1, 0.15) is 0 Å². The van der Waals surface area contributed by atoms with Crippen molar-refractivity contribution in [3.05, 3.63) is 28.2 Å². The van der Waals surface area contributed by atoms with Crippen LogP contribution in [0, 0.1) is 16.2 Å². The highest BCUT2D eigenvalue weighted by Crippen LogP contribution is 2.72. The predicted molar refractivity (Wildman–Crippen MR) is 89.3 cm³/mol. The highest BCUT2D eigenvalue weighted by atomic mass is 35.5. The largest absolute Gasteiger partial charge is 0.393 e. The van der Waals surface area contributed by atoms with Crippen molar-refractivity contribution in [2.24, 2.45) is 16.2 Å². The Bertz CT molecular complexity index is 646. The molecular weight excluding hydrogens is 321 g/mol. The summed E-state index contributed by atoms with van der Waals surface area (Å²) in [6.07, 6.45) is 1.76. The van der Waals surface area contributed by atoms with Crippen LogP contribution in [0.1, 0.15) is 40.0 Å². The van der Waals surface area contributed by atoms with Gasteiger partial charge in [-0.25, -0.2) is 0 Å². The average molecular weight is 342 g/mol. The van der Waals surface area contributed by atoms with Gasteiger partial charge in [0.05, 0.1) is 21.6 Å².